The fraction of sp³-hybridized carbons (Fsp3) is 0.611. The van der Waals surface area contributed by atoms with Gasteiger partial charge in [0.05, 0.1) is 6.10 Å². The molecule has 5 nitrogen and oxygen atoms in total. The van der Waals surface area contributed by atoms with Crippen molar-refractivity contribution in [3.8, 4) is 0 Å². The molecule has 1 aliphatic rings. The third-order valence-electron chi connectivity index (χ3n) is 4.49. The van der Waals surface area contributed by atoms with Crippen molar-refractivity contribution in [2.24, 2.45) is 0 Å². The number of hydrogen-bond acceptors (Lipinski definition) is 3. The molecule has 3 atom stereocenters. The average Bonchev–Trinajstić information content (AvgIpc) is 2.85. The maximum atomic E-state index is 12.2. The van der Waals surface area contributed by atoms with Crippen molar-refractivity contribution in [2.45, 2.75) is 51.4 Å². The molecule has 0 saturated carbocycles. The van der Waals surface area contributed by atoms with Gasteiger partial charge >= 0.3 is 6.03 Å². The van der Waals surface area contributed by atoms with Gasteiger partial charge in [-0.2, -0.15) is 0 Å². The molecule has 1 aromatic rings. The number of likely N-dealkylation sites (tertiary alicyclic amines) is 1. The van der Waals surface area contributed by atoms with Crippen LogP contribution >= 0.6 is 0 Å². The van der Waals surface area contributed by atoms with Crippen LogP contribution in [0.2, 0.25) is 0 Å². The van der Waals surface area contributed by atoms with Gasteiger partial charge in [0.25, 0.3) is 0 Å². The molecule has 5 heteroatoms. The zero-order valence-corrected chi connectivity index (χ0v) is 14.4. The first-order valence-corrected chi connectivity index (χ1v) is 8.43. The lowest BCUT2D eigenvalue weighted by molar-refractivity contribution is 0.162. The molecule has 128 valence electrons. The number of hydrogen-bond donors (Lipinski definition) is 2. The van der Waals surface area contributed by atoms with E-state index in [0.29, 0.717) is 19.0 Å². The van der Waals surface area contributed by atoms with E-state index >= 15 is 0 Å². The summed E-state index contributed by atoms with van der Waals surface area (Å²) in [7, 11) is 1.78. The summed E-state index contributed by atoms with van der Waals surface area (Å²) in [6, 6.07) is 11.0. The molecule has 0 aliphatic carbocycles. The topological polar surface area (TPSA) is 55.8 Å². The third-order valence-corrected chi connectivity index (χ3v) is 4.49. The molecule has 0 aromatic heterocycles. The molecule has 2 rings (SSSR count). The van der Waals surface area contributed by atoms with Crippen molar-refractivity contribution in [3.05, 3.63) is 35.9 Å². The molecule has 3 unspecified atom stereocenters. The third kappa shape index (κ3) is 5.52. The minimum atomic E-state index is -0.377. The molecule has 2 amide bonds. The minimum absolute atomic E-state index is 0.0515. The van der Waals surface area contributed by atoms with E-state index in [0.717, 1.165) is 19.5 Å². The summed E-state index contributed by atoms with van der Waals surface area (Å²) in [5, 5.41) is 12.4. The van der Waals surface area contributed by atoms with E-state index in [4.69, 9.17) is 0 Å². The van der Waals surface area contributed by atoms with E-state index in [2.05, 4.69) is 41.4 Å². The number of aliphatic hydroxyl groups is 1. The second kappa shape index (κ2) is 8.31. The van der Waals surface area contributed by atoms with Crippen molar-refractivity contribution in [3.63, 3.8) is 0 Å². The van der Waals surface area contributed by atoms with E-state index in [1.54, 1.807) is 18.9 Å². The monoisotopic (exact) mass is 319 g/mol. The van der Waals surface area contributed by atoms with Gasteiger partial charge in [-0.3, -0.25) is 4.90 Å². The summed E-state index contributed by atoms with van der Waals surface area (Å²) in [5.41, 5.74) is 1.31. The molecule has 0 spiro atoms. The molecule has 0 radical (unpaired) electrons. The Balaban J connectivity index is 1.80. The normalized spacial score (nSPS) is 22.8. The molecule has 1 aliphatic heterocycles. The van der Waals surface area contributed by atoms with Crippen molar-refractivity contribution < 1.29 is 9.90 Å². The number of amides is 2. The molecule has 0 bridgehead atoms. The smallest absolute Gasteiger partial charge is 0.317 e. The van der Waals surface area contributed by atoms with Gasteiger partial charge < -0.3 is 15.3 Å². The number of rotatable bonds is 6. The number of urea groups is 1. The molecule has 1 fully saturated rings. The van der Waals surface area contributed by atoms with Crippen LogP contribution in [0.15, 0.2) is 30.3 Å². The first-order valence-electron chi connectivity index (χ1n) is 8.43. The molecule has 1 saturated heterocycles. The molecule has 1 aromatic carbocycles. The molecule has 23 heavy (non-hydrogen) atoms. The zero-order chi connectivity index (χ0) is 16.8. The van der Waals surface area contributed by atoms with Crippen LogP contribution < -0.4 is 5.32 Å². The molecular weight excluding hydrogens is 290 g/mol. The Kier molecular flexibility index (Phi) is 6.42. The number of nitrogens with zero attached hydrogens (tertiary/aromatic N) is 2. The van der Waals surface area contributed by atoms with Crippen LogP contribution in [0.3, 0.4) is 0 Å². The Morgan fingerprint density at radius 1 is 1.43 bits per heavy atom. The summed E-state index contributed by atoms with van der Waals surface area (Å²) in [5.74, 6) is 0. The van der Waals surface area contributed by atoms with Gasteiger partial charge in [0.1, 0.15) is 0 Å². The average molecular weight is 319 g/mol. The minimum Gasteiger partial charge on any atom is -0.393 e. The summed E-state index contributed by atoms with van der Waals surface area (Å²) in [6.07, 6.45) is 1.20. The first kappa shape index (κ1) is 17.8. The lowest BCUT2D eigenvalue weighted by Crippen LogP contribution is -2.44. The van der Waals surface area contributed by atoms with E-state index in [1.165, 1.54) is 5.56 Å². The Morgan fingerprint density at radius 3 is 2.78 bits per heavy atom. The van der Waals surface area contributed by atoms with Crippen LogP contribution in [0.25, 0.3) is 0 Å². The largest absolute Gasteiger partial charge is 0.393 e. The van der Waals surface area contributed by atoms with E-state index in [-0.39, 0.29) is 18.2 Å². The number of benzene rings is 1. The number of aliphatic hydroxyl groups excluding tert-OH is 1. The van der Waals surface area contributed by atoms with Crippen LogP contribution in [0.1, 0.15) is 32.3 Å². The molecule has 1 heterocycles. The Labute approximate surface area is 139 Å². The standard InChI is InChI=1S/C18H29N3O2/c1-14-11-17(19-18(23)20(3)10-9-15(2)22)13-21(14)12-16-7-5-4-6-8-16/h4-8,14-15,17,22H,9-13H2,1-3H3,(H,19,23). The van der Waals surface area contributed by atoms with Crippen LogP contribution in [0, 0.1) is 0 Å². The fourth-order valence-corrected chi connectivity index (χ4v) is 3.01. The zero-order valence-electron chi connectivity index (χ0n) is 14.4. The number of carbonyl (C=O) groups excluding carboxylic acids is 1. The van der Waals surface area contributed by atoms with Gasteiger partial charge in [0.2, 0.25) is 0 Å². The number of carbonyl (C=O) groups is 1. The van der Waals surface area contributed by atoms with E-state index < -0.39 is 0 Å². The summed E-state index contributed by atoms with van der Waals surface area (Å²) in [4.78, 5) is 16.3. The lowest BCUT2D eigenvalue weighted by atomic mass is 10.2. The van der Waals surface area contributed by atoms with Gasteiger partial charge in [0, 0.05) is 38.8 Å². The van der Waals surface area contributed by atoms with Crippen molar-refractivity contribution in [2.75, 3.05) is 20.1 Å². The van der Waals surface area contributed by atoms with Crippen molar-refractivity contribution >= 4 is 6.03 Å². The van der Waals surface area contributed by atoms with Crippen molar-refractivity contribution in [1.29, 1.82) is 0 Å². The van der Waals surface area contributed by atoms with Gasteiger partial charge in [-0.1, -0.05) is 30.3 Å². The van der Waals surface area contributed by atoms with E-state index in [9.17, 15) is 9.90 Å². The van der Waals surface area contributed by atoms with Gasteiger partial charge in [0.15, 0.2) is 0 Å². The Morgan fingerprint density at radius 2 is 2.13 bits per heavy atom. The highest BCUT2D eigenvalue weighted by molar-refractivity contribution is 5.74. The number of nitrogens with one attached hydrogen (secondary N) is 1. The van der Waals surface area contributed by atoms with Crippen LogP contribution in [0.5, 0.6) is 0 Å². The predicted molar refractivity (Wildman–Crippen MR) is 92.2 cm³/mol. The van der Waals surface area contributed by atoms with Crippen LogP contribution in [-0.2, 0) is 6.54 Å². The quantitative estimate of drug-likeness (QED) is 0.844. The van der Waals surface area contributed by atoms with Crippen molar-refractivity contribution in [1.82, 2.24) is 15.1 Å². The summed E-state index contributed by atoms with van der Waals surface area (Å²) in [6.45, 7) is 6.33. The second-order valence-electron chi connectivity index (χ2n) is 6.71. The maximum absolute atomic E-state index is 12.2. The molecular formula is C18H29N3O2. The Bertz CT molecular complexity index is 492. The highest BCUT2D eigenvalue weighted by Crippen LogP contribution is 2.20. The van der Waals surface area contributed by atoms with E-state index in [1.807, 2.05) is 6.07 Å². The van der Waals surface area contributed by atoms with Crippen LogP contribution in [0.4, 0.5) is 4.79 Å². The fourth-order valence-electron chi connectivity index (χ4n) is 3.01. The lowest BCUT2D eigenvalue weighted by Gasteiger charge is -2.22. The summed E-state index contributed by atoms with van der Waals surface area (Å²) >= 11 is 0. The maximum Gasteiger partial charge on any atom is 0.317 e. The predicted octanol–water partition coefficient (Wildman–Crippen LogP) is 2.06. The van der Waals surface area contributed by atoms with Gasteiger partial charge in [-0.25, -0.2) is 4.79 Å². The highest BCUT2D eigenvalue weighted by Gasteiger charge is 2.30. The van der Waals surface area contributed by atoms with Gasteiger partial charge in [-0.05, 0) is 32.3 Å². The second-order valence-corrected chi connectivity index (χ2v) is 6.71. The Hall–Kier alpha value is -1.59. The van der Waals surface area contributed by atoms with Gasteiger partial charge in [-0.15, -0.1) is 0 Å². The SMILES string of the molecule is CC(O)CCN(C)C(=O)NC1CC(C)N(Cc2ccccc2)C1. The highest BCUT2D eigenvalue weighted by atomic mass is 16.3. The first-order chi connectivity index (χ1) is 11.0. The van der Waals surface area contributed by atoms with Crippen LogP contribution in [-0.4, -0.2) is 59.3 Å². The molecule has 2 N–H and O–H groups in total. The summed E-state index contributed by atoms with van der Waals surface area (Å²) < 4.78 is 0.